The summed E-state index contributed by atoms with van der Waals surface area (Å²) in [5.74, 6) is -0.708. The molecule has 1 aromatic rings. The van der Waals surface area contributed by atoms with E-state index in [1.54, 1.807) is 12.4 Å². The van der Waals surface area contributed by atoms with Crippen LogP contribution in [0, 0.1) is 0 Å². The second-order valence-corrected chi connectivity index (χ2v) is 5.49. The van der Waals surface area contributed by atoms with E-state index in [0.717, 1.165) is 4.90 Å². The molecule has 108 valence electrons. The molecule has 20 heavy (non-hydrogen) atoms. The summed E-state index contributed by atoms with van der Waals surface area (Å²) in [5.41, 5.74) is 0. The Kier molecular flexibility index (Phi) is 5.37. The van der Waals surface area contributed by atoms with Crippen molar-refractivity contribution in [1.29, 1.82) is 0 Å². The van der Waals surface area contributed by atoms with Crippen LogP contribution in [0.2, 0.25) is 0 Å². The number of nitrogens with zero attached hydrogens (tertiary/aromatic N) is 1. The van der Waals surface area contributed by atoms with Gasteiger partial charge >= 0.3 is 5.97 Å². The SMILES string of the molecule is O=C(CSc1ccncc1)NCC1CCC(C(=O)O)O1. The number of carbonyl (C=O) groups excluding carboxylic acids is 1. The predicted molar refractivity (Wildman–Crippen MR) is 73.5 cm³/mol. The van der Waals surface area contributed by atoms with Gasteiger partial charge < -0.3 is 15.2 Å². The van der Waals surface area contributed by atoms with Gasteiger partial charge in [-0.1, -0.05) is 0 Å². The average Bonchev–Trinajstić information content (AvgIpc) is 2.93. The highest BCUT2D eigenvalue weighted by Crippen LogP contribution is 2.19. The number of hydrogen-bond acceptors (Lipinski definition) is 5. The number of carbonyl (C=O) groups is 2. The molecule has 7 heteroatoms. The number of ether oxygens (including phenoxy) is 1. The molecule has 2 heterocycles. The van der Waals surface area contributed by atoms with Crippen molar-refractivity contribution < 1.29 is 19.4 Å². The molecule has 1 aliphatic heterocycles. The van der Waals surface area contributed by atoms with Gasteiger partial charge in [-0.15, -0.1) is 11.8 Å². The highest BCUT2D eigenvalue weighted by molar-refractivity contribution is 8.00. The number of rotatable bonds is 6. The van der Waals surface area contributed by atoms with Gasteiger partial charge in [0.25, 0.3) is 0 Å². The zero-order valence-corrected chi connectivity index (χ0v) is 11.6. The summed E-state index contributed by atoms with van der Waals surface area (Å²) in [4.78, 5) is 27.3. The minimum Gasteiger partial charge on any atom is -0.479 e. The van der Waals surface area contributed by atoms with Crippen LogP contribution in [0.5, 0.6) is 0 Å². The van der Waals surface area contributed by atoms with E-state index < -0.39 is 12.1 Å². The van der Waals surface area contributed by atoms with Crippen LogP contribution in [-0.2, 0) is 14.3 Å². The van der Waals surface area contributed by atoms with Gasteiger partial charge in [-0.3, -0.25) is 9.78 Å². The molecule has 6 nitrogen and oxygen atoms in total. The predicted octanol–water partition coefficient (Wildman–Crippen LogP) is 0.922. The van der Waals surface area contributed by atoms with Crippen LogP contribution in [0.15, 0.2) is 29.4 Å². The van der Waals surface area contributed by atoms with E-state index in [4.69, 9.17) is 9.84 Å². The number of carboxylic acids is 1. The molecule has 2 atom stereocenters. The monoisotopic (exact) mass is 296 g/mol. The van der Waals surface area contributed by atoms with Gasteiger partial charge in [0.2, 0.25) is 5.91 Å². The third-order valence-electron chi connectivity index (χ3n) is 2.93. The smallest absolute Gasteiger partial charge is 0.332 e. The zero-order chi connectivity index (χ0) is 14.4. The van der Waals surface area contributed by atoms with Gasteiger partial charge in [-0.2, -0.15) is 0 Å². The third-order valence-corrected chi connectivity index (χ3v) is 3.94. The summed E-state index contributed by atoms with van der Waals surface area (Å²) in [6.07, 6.45) is 3.59. The molecule has 1 saturated heterocycles. The van der Waals surface area contributed by atoms with Crippen molar-refractivity contribution in [1.82, 2.24) is 10.3 Å². The van der Waals surface area contributed by atoms with Crippen molar-refractivity contribution in [2.24, 2.45) is 0 Å². The maximum atomic E-state index is 11.7. The molecule has 0 radical (unpaired) electrons. The van der Waals surface area contributed by atoms with E-state index in [1.807, 2.05) is 12.1 Å². The second kappa shape index (κ2) is 7.25. The molecule has 0 aromatic carbocycles. The first-order chi connectivity index (χ1) is 9.65. The van der Waals surface area contributed by atoms with Crippen LogP contribution in [0.25, 0.3) is 0 Å². The molecule has 0 bridgehead atoms. The molecule has 1 amide bonds. The summed E-state index contributed by atoms with van der Waals surface area (Å²) >= 11 is 1.43. The third kappa shape index (κ3) is 4.50. The first-order valence-corrected chi connectivity index (χ1v) is 7.31. The summed E-state index contributed by atoms with van der Waals surface area (Å²) in [6.45, 7) is 0.361. The van der Waals surface area contributed by atoms with Crippen LogP contribution < -0.4 is 5.32 Å². The highest BCUT2D eigenvalue weighted by atomic mass is 32.2. The number of aromatic nitrogens is 1. The van der Waals surface area contributed by atoms with E-state index in [-0.39, 0.29) is 12.0 Å². The Morgan fingerprint density at radius 2 is 2.15 bits per heavy atom. The first-order valence-electron chi connectivity index (χ1n) is 6.33. The van der Waals surface area contributed by atoms with Gasteiger partial charge in [0.05, 0.1) is 11.9 Å². The number of thioether (sulfide) groups is 1. The Labute approximate surface area is 120 Å². The lowest BCUT2D eigenvalue weighted by atomic mass is 10.2. The van der Waals surface area contributed by atoms with E-state index >= 15 is 0 Å². The van der Waals surface area contributed by atoms with Gasteiger partial charge in [-0.25, -0.2) is 4.79 Å². The van der Waals surface area contributed by atoms with E-state index in [2.05, 4.69) is 10.3 Å². The summed E-state index contributed by atoms with van der Waals surface area (Å²) in [5, 5.41) is 11.6. The highest BCUT2D eigenvalue weighted by Gasteiger charge is 2.30. The van der Waals surface area contributed by atoms with E-state index in [0.29, 0.717) is 25.1 Å². The van der Waals surface area contributed by atoms with Crippen LogP contribution in [-0.4, -0.2) is 46.5 Å². The number of pyridine rings is 1. The normalized spacial score (nSPS) is 21.6. The second-order valence-electron chi connectivity index (χ2n) is 4.44. The largest absolute Gasteiger partial charge is 0.479 e. The summed E-state index contributed by atoms with van der Waals surface area (Å²) in [6, 6.07) is 3.69. The minimum absolute atomic E-state index is 0.0887. The Bertz CT molecular complexity index is 469. The Morgan fingerprint density at radius 1 is 1.40 bits per heavy atom. The molecule has 1 aromatic heterocycles. The first kappa shape index (κ1) is 14.8. The van der Waals surface area contributed by atoms with Gasteiger partial charge in [0.15, 0.2) is 6.10 Å². The average molecular weight is 296 g/mol. The summed E-state index contributed by atoms with van der Waals surface area (Å²) in [7, 11) is 0. The Balaban J connectivity index is 1.65. The lowest BCUT2D eigenvalue weighted by Gasteiger charge is -2.12. The molecule has 2 unspecified atom stereocenters. The molecule has 2 rings (SSSR count). The lowest BCUT2D eigenvalue weighted by Crippen LogP contribution is -2.34. The Hall–Kier alpha value is -1.60. The fourth-order valence-corrected chi connectivity index (χ4v) is 2.61. The molecule has 0 saturated carbocycles. The molecular formula is C13H16N2O4S. The maximum absolute atomic E-state index is 11.7. The van der Waals surface area contributed by atoms with Gasteiger partial charge in [0.1, 0.15) is 0 Å². The van der Waals surface area contributed by atoms with Gasteiger partial charge in [-0.05, 0) is 25.0 Å². The number of aliphatic carboxylic acids is 1. The fraction of sp³-hybridized carbons (Fsp3) is 0.462. The molecule has 2 N–H and O–H groups in total. The molecule has 0 aliphatic carbocycles. The minimum atomic E-state index is -0.938. The van der Waals surface area contributed by atoms with E-state index in [1.165, 1.54) is 11.8 Å². The number of carboxylic acid groups (broad SMARTS) is 1. The summed E-state index contributed by atoms with van der Waals surface area (Å²) < 4.78 is 5.31. The number of amides is 1. The van der Waals surface area contributed by atoms with Crippen molar-refractivity contribution in [3.63, 3.8) is 0 Å². The van der Waals surface area contributed by atoms with Crippen LogP contribution in [0.4, 0.5) is 0 Å². The van der Waals surface area contributed by atoms with Crippen molar-refractivity contribution >= 4 is 23.6 Å². The quantitative estimate of drug-likeness (QED) is 0.759. The molecule has 0 spiro atoms. The van der Waals surface area contributed by atoms with E-state index in [9.17, 15) is 9.59 Å². The van der Waals surface area contributed by atoms with Crippen LogP contribution >= 0.6 is 11.8 Å². The van der Waals surface area contributed by atoms with Crippen molar-refractivity contribution in [2.75, 3.05) is 12.3 Å². The van der Waals surface area contributed by atoms with Crippen molar-refractivity contribution in [3.8, 4) is 0 Å². The fourth-order valence-electron chi connectivity index (χ4n) is 1.90. The standard InChI is InChI=1S/C13H16N2O4S/c16-12(8-20-10-3-5-14-6-4-10)15-7-9-1-2-11(19-9)13(17)18/h3-6,9,11H,1-2,7-8H2,(H,15,16)(H,17,18). The number of nitrogens with one attached hydrogen (secondary N) is 1. The number of hydrogen-bond donors (Lipinski definition) is 2. The van der Waals surface area contributed by atoms with Crippen molar-refractivity contribution in [2.45, 2.75) is 29.9 Å². The molecular weight excluding hydrogens is 280 g/mol. The van der Waals surface area contributed by atoms with Crippen LogP contribution in [0.3, 0.4) is 0 Å². The van der Waals surface area contributed by atoms with Gasteiger partial charge in [0, 0.05) is 23.8 Å². The molecule has 1 fully saturated rings. The van der Waals surface area contributed by atoms with Crippen molar-refractivity contribution in [3.05, 3.63) is 24.5 Å². The van der Waals surface area contributed by atoms with Crippen LogP contribution in [0.1, 0.15) is 12.8 Å². The Morgan fingerprint density at radius 3 is 2.80 bits per heavy atom. The topological polar surface area (TPSA) is 88.5 Å². The molecule has 1 aliphatic rings. The zero-order valence-electron chi connectivity index (χ0n) is 10.8. The maximum Gasteiger partial charge on any atom is 0.332 e. The lowest BCUT2D eigenvalue weighted by molar-refractivity contribution is -0.149.